The number of ketones is 1. The molecular formula is C22H27N3O2. The molecule has 3 rings (SSSR count). The third kappa shape index (κ3) is 5.17. The van der Waals surface area contributed by atoms with Crippen molar-refractivity contribution in [3.8, 4) is 0 Å². The van der Waals surface area contributed by atoms with Crippen LogP contribution in [0.2, 0.25) is 0 Å². The molecule has 0 unspecified atom stereocenters. The van der Waals surface area contributed by atoms with Crippen LogP contribution in [0.1, 0.15) is 35.7 Å². The van der Waals surface area contributed by atoms with E-state index < -0.39 is 0 Å². The van der Waals surface area contributed by atoms with Crippen molar-refractivity contribution in [1.29, 1.82) is 0 Å². The molecule has 0 aromatic heterocycles. The monoisotopic (exact) mass is 365 g/mol. The molecule has 5 nitrogen and oxygen atoms in total. The number of rotatable bonds is 5. The minimum Gasteiger partial charge on any atom is -0.322 e. The van der Waals surface area contributed by atoms with Gasteiger partial charge in [-0.25, -0.2) is 4.79 Å². The zero-order valence-electron chi connectivity index (χ0n) is 15.9. The SMILES string of the molecule is CC(=O)c1cccc(N(C)C(=O)N[C@@H]2CC[C@@H](Cc3ccccc3)CN2)c1. The highest BCUT2D eigenvalue weighted by Gasteiger charge is 2.23. The van der Waals surface area contributed by atoms with Gasteiger partial charge in [-0.05, 0) is 49.8 Å². The number of anilines is 1. The summed E-state index contributed by atoms with van der Waals surface area (Å²) in [7, 11) is 1.72. The molecule has 0 radical (unpaired) electrons. The molecule has 0 spiro atoms. The molecule has 0 bridgehead atoms. The van der Waals surface area contributed by atoms with Crippen molar-refractivity contribution >= 4 is 17.5 Å². The zero-order valence-corrected chi connectivity index (χ0v) is 15.9. The van der Waals surface area contributed by atoms with E-state index in [1.807, 2.05) is 12.1 Å². The lowest BCUT2D eigenvalue weighted by Gasteiger charge is -2.32. The highest BCUT2D eigenvalue weighted by atomic mass is 16.2. The number of hydrogen-bond acceptors (Lipinski definition) is 3. The summed E-state index contributed by atoms with van der Waals surface area (Å²) in [6, 6.07) is 17.5. The minimum atomic E-state index is -0.172. The Labute approximate surface area is 160 Å². The van der Waals surface area contributed by atoms with Gasteiger partial charge in [-0.15, -0.1) is 0 Å². The minimum absolute atomic E-state index is 0.0101. The second kappa shape index (κ2) is 8.82. The van der Waals surface area contributed by atoms with Crippen LogP contribution in [-0.4, -0.2) is 31.6 Å². The van der Waals surface area contributed by atoms with Crippen LogP contribution in [0.4, 0.5) is 10.5 Å². The summed E-state index contributed by atoms with van der Waals surface area (Å²) in [5.41, 5.74) is 2.67. The summed E-state index contributed by atoms with van der Waals surface area (Å²) in [6.07, 6.45) is 3.02. The number of piperidine rings is 1. The molecule has 2 atom stereocenters. The Morgan fingerprint density at radius 3 is 2.56 bits per heavy atom. The Kier molecular flexibility index (Phi) is 6.24. The van der Waals surface area contributed by atoms with Crippen molar-refractivity contribution in [3.63, 3.8) is 0 Å². The average Bonchev–Trinajstić information content (AvgIpc) is 2.69. The summed E-state index contributed by atoms with van der Waals surface area (Å²) >= 11 is 0. The van der Waals surface area contributed by atoms with E-state index in [1.165, 1.54) is 12.5 Å². The van der Waals surface area contributed by atoms with E-state index >= 15 is 0 Å². The number of nitrogens with zero attached hydrogens (tertiary/aromatic N) is 1. The Bertz CT molecular complexity index is 783. The van der Waals surface area contributed by atoms with Gasteiger partial charge in [0.2, 0.25) is 0 Å². The molecule has 1 saturated heterocycles. The fourth-order valence-electron chi connectivity index (χ4n) is 3.46. The first-order valence-electron chi connectivity index (χ1n) is 9.45. The third-order valence-corrected chi connectivity index (χ3v) is 5.13. The molecule has 2 N–H and O–H groups in total. The Morgan fingerprint density at radius 1 is 1.11 bits per heavy atom. The van der Waals surface area contributed by atoms with E-state index in [1.54, 1.807) is 30.1 Å². The number of benzene rings is 2. The summed E-state index contributed by atoms with van der Waals surface area (Å²) in [5.74, 6) is 0.578. The second-order valence-electron chi connectivity index (χ2n) is 7.21. The molecule has 5 heteroatoms. The Morgan fingerprint density at radius 2 is 1.89 bits per heavy atom. The van der Waals surface area contributed by atoms with Gasteiger partial charge in [0, 0.05) is 24.8 Å². The topological polar surface area (TPSA) is 61.4 Å². The van der Waals surface area contributed by atoms with Crippen LogP contribution >= 0.6 is 0 Å². The maximum Gasteiger partial charge on any atom is 0.322 e. The van der Waals surface area contributed by atoms with Crippen molar-refractivity contribution < 1.29 is 9.59 Å². The zero-order chi connectivity index (χ0) is 19.2. The molecule has 1 heterocycles. The van der Waals surface area contributed by atoms with Gasteiger partial charge >= 0.3 is 6.03 Å². The standard InChI is InChI=1S/C22H27N3O2/c1-16(26)19-9-6-10-20(14-19)25(2)22(27)24-21-12-11-18(15-23-21)13-17-7-4-3-5-8-17/h3-10,14,18,21,23H,11-13,15H2,1-2H3,(H,24,27)/t18-,21+/m0/s1. The van der Waals surface area contributed by atoms with Crippen molar-refractivity contribution in [2.75, 3.05) is 18.5 Å². The van der Waals surface area contributed by atoms with Crippen LogP contribution in [0.3, 0.4) is 0 Å². The van der Waals surface area contributed by atoms with Crippen LogP contribution in [-0.2, 0) is 6.42 Å². The number of nitrogens with one attached hydrogen (secondary N) is 2. The molecule has 0 saturated carbocycles. The first-order valence-corrected chi connectivity index (χ1v) is 9.45. The molecular weight excluding hydrogens is 338 g/mol. The molecule has 1 aliphatic heterocycles. The van der Waals surface area contributed by atoms with Crippen LogP contribution in [0.15, 0.2) is 54.6 Å². The fourth-order valence-corrected chi connectivity index (χ4v) is 3.46. The molecule has 142 valence electrons. The van der Waals surface area contributed by atoms with Crippen LogP contribution < -0.4 is 15.5 Å². The van der Waals surface area contributed by atoms with Gasteiger partial charge in [-0.1, -0.05) is 42.5 Å². The molecule has 1 fully saturated rings. The summed E-state index contributed by atoms with van der Waals surface area (Å²) in [5, 5.41) is 6.48. The van der Waals surface area contributed by atoms with E-state index in [0.717, 1.165) is 25.8 Å². The van der Waals surface area contributed by atoms with Gasteiger partial charge in [0.05, 0.1) is 6.17 Å². The van der Waals surface area contributed by atoms with E-state index in [-0.39, 0.29) is 18.0 Å². The van der Waals surface area contributed by atoms with E-state index in [0.29, 0.717) is 17.2 Å². The maximum atomic E-state index is 12.6. The number of carbonyl (C=O) groups excluding carboxylic acids is 2. The lowest BCUT2D eigenvalue weighted by molar-refractivity contribution is 0.101. The summed E-state index contributed by atoms with van der Waals surface area (Å²) in [6.45, 7) is 2.42. The largest absolute Gasteiger partial charge is 0.322 e. The lowest BCUT2D eigenvalue weighted by Crippen LogP contribution is -2.53. The molecule has 1 aliphatic rings. The van der Waals surface area contributed by atoms with Gasteiger partial charge in [0.15, 0.2) is 5.78 Å². The fraction of sp³-hybridized carbons (Fsp3) is 0.364. The van der Waals surface area contributed by atoms with Gasteiger partial charge in [-0.2, -0.15) is 0 Å². The molecule has 2 aromatic carbocycles. The number of urea groups is 1. The predicted molar refractivity (Wildman–Crippen MR) is 108 cm³/mol. The highest BCUT2D eigenvalue weighted by Crippen LogP contribution is 2.19. The summed E-state index contributed by atoms with van der Waals surface area (Å²) in [4.78, 5) is 25.6. The van der Waals surface area contributed by atoms with Gasteiger partial charge < -0.3 is 5.32 Å². The number of amides is 2. The summed E-state index contributed by atoms with van der Waals surface area (Å²) < 4.78 is 0. The van der Waals surface area contributed by atoms with Crippen LogP contribution in [0.5, 0.6) is 0 Å². The van der Waals surface area contributed by atoms with Gasteiger partial charge in [0.25, 0.3) is 0 Å². The molecule has 0 aliphatic carbocycles. The molecule has 27 heavy (non-hydrogen) atoms. The van der Waals surface area contributed by atoms with E-state index in [4.69, 9.17) is 0 Å². The normalized spacial score (nSPS) is 19.3. The Balaban J connectivity index is 1.50. The van der Waals surface area contributed by atoms with Crippen LogP contribution in [0, 0.1) is 5.92 Å². The molecule has 2 amide bonds. The highest BCUT2D eigenvalue weighted by molar-refractivity contribution is 5.97. The third-order valence-electron chi connectivity index (χ3n) is 5.13. The number of hydrogen-bond donors (Lipinski definition) is 2. The maximum absolute atomic E-state index is 12.6. The van der Waals surface area contributed by atoms with Crippen LogP contribution in [0.25, 0.3) is 0 Å². The van der Waals surface area contributed by atoms with Crippen molar-refractivity contribution in [3.05, 3.63) is 65.7 Å². The van der Waals surface area contributed by atoms with Gasteiger partial charge in [0.1, 0.15) is 0 Å². The second-order valence-corrected chi connectivity index (χ2v) is 7.21. The van der Waals surface area contributed by atoms with Crippen molar-refractivity contribution in [2.24, 2.45) is 5.92 Å². The van der Waals surface area contributed by atoms with Gasteiger partial charge in [-0.3, -0.25) is 15.0 Å². The smallest absolute Gasteiger partial charge is 0.322 e. The van der Waals surface area contributed by atoms with E-state index in [2.05, 4.69) is 34.9 Å². The van der Waals surface area contributed by atoms with E-state index in [9.17, 15) is 9.59 Å². The Hall–Kier alpha value is -2.66. The quantitative estimate of drug-likeness (QED) is 0.796. The average molecular weight is 365 g/mol. The molecule has 2 aromatic rings. The number of Topliss-reactive ketones (excluding diaryl/α,β-unsaturated/α-hetero) is 1. The van der Waals surface area contributed by atoms with Crippen molar-refractivity contribution in [1.82, 2.24) is 10.6 Å². The predicted octanol–water partition coefficient (Wildman–Crippen LogP) is 3.60. The first kappa shape index (κ1) is 19.1. The number of carbonyl (C=O) groups is 2. The lowest BCUT2D eigenvalue weighted by atomic mass is 9.91. The first-order chi connectivity index (χ1) is 13.0. The van der Waals surface area contributed by atoms with Crippen molar-refractivity contribution in [2.45, 2.75) is 32.4 Å².